The average molecular weight is 732 g/mol. The third-order valence-electron chi connectivity index (χ3n) is 5.47. The van der Waals surface area contributed by atoms with Crippen molar-refractivity contribution in [2.45, 2.75) is 74.9 Å². The second-order valence-corrected chi connectivity index (χ2v) is 14.7. The molecule has 0 aliphatic heterocycles. The summed E-state index contributed by atoms with van der Waals surface area (Å²) in [6.07, 6.45) is 2.42. The largest absolute Gasteiger partial charge is 0.534 e. The number of carbonyl (C=O) groups excluding carboxylic acids is 1. The quantitative estimate of drug-likeness (QED) is 0.168. The summed E-state index contributed by atoms with van der Waals surface area (Å²) < 4.78 is 183. The van der Waals surface area contributed by atoms with Gasteiger partial charge in [0.15, 0.2) is 17.1 Å². The van der Waals surface area contributed by atoms with Crippen molar-refractivity contribution >= 4 is 47.4 Å². The fourth-order valence-corrected chi connectivity index (χ4v) is 5.30. The predicted octanol–water partition coefficient (Wildman–Crippen LogP) is 4.56. The number of ether oxygens (including phenoxy) is 1. The van der Waals surface area contributed by atoms with Gasteiger partial charge in [-0.3, -0.25) is 0 Å². The van der Waals surface area contributed by atoms with Gasteiger partial charge in [0, 0.05) is 12.0 Å². The number of hydrogen-bond donors (Lipinski definition) is 0. The SMILES string of the molecule is CCOC(=O)c1cc(OS(=O)(=O)C(F)(F)F)c2c(C3CCC3)nn(C(C)(C)C)c2n1.O=S(=O)(OS(=O)(=O)C(F)(F)F)C(F)(F)F. The molecule has 0 spiro atoms. The third kappa shape index (κ3) is 8.46. The van der Waals surface area contributed by atoms with Crippen molar-refractivity contribution in [3.8, 4) is 5.75 Å². The van der Waals surface area contributed by atoms with E-state index in [0.29, 0.717) is 5.69 Å². The molecule has 3 rings (SSSR count). The number of nitrogens with zero attached hydrogens (tertiary/aromatic N) is 3. The van der Waals surface area contributed by atoms with Crippen molar-refractivity contribution in [1.29, 1.82) is 0 Å². The number of carbonyl (C=O) groups is 1. The van der Waals surface area contributed by atoms with Crippen LogP contribution in [-0.2, 0) is 44.3 Å². The zero-order valence-corrected chi connectivity index (χ0v) is 25.5. The highest BCUT2D eigenvalue weighted by Gasteiger charge is 2.57. The molecule has 0 bridgehead atoms. The van der Waals surface area contributed by atoms with Gasteiger partial charge in [0.2, 0.25) is 0 Å². The fourth-order valence-electron chi connectivity index (χ4n) is 3.28. The number of alkyl halides is 9. The molecule has 0 saturated heterocycles. The average Bonchev–Trinajstić information content (AvgIpc) is 3.15. The van der Waals surface area contributed by atoms with Crippen molar-refractivity contribution in [2.75, 3.05) is 6.61 Å². The number of hydrogen-bond acceptors (Lipinski definition) is 12. The monoisotopic (exact) mass is 731 g/mol. The van der Waals surface area contributed by atoms with Crippen molar-refractivity contribution in [3.05, 3.63) is 17.5 Å². The lowest BCUT2D eigenvalue weighted by atomic mass is 9.82. The van der Waals surface area contributed by atoms with Crippen LogP contribution in [0.4, 0.5) is 39.5 Å². The minimum Gasteiger partial charge on any atom is -0.461 e. The summed E-state index contributed by atoms with van der Waals surface area (Å²) in [5.41, 5.74) is -18.7. The number of esters is 1. The van der Waals surface area contributed by atoms with Crippen LogP contribution in [0.3, 0.4) is 0 Å². The highest BCUT2D eigenvalue weighted by Crippen LogP contribution is 2.44. The zero-order valence-electron chi connectivity index (χ0n) is 23.0. The highest BCUT2D eigenvalue weighted by molar-refractivity contribution is 8.00. The van der Waals surface area contributed by atoms with Gasteiger partial charge in [0.05, 0.1) is 23.2 Å². The summed E-state index contributed by atoms with van der Waals surface area (Å²) in [4.78, 5) is 16.5. The second kappa shape index (κ2) is 12.4. The Kier molecular flexibility index (Phi) is 10.5. The van der Waals surface area contributed by atoms with Crippen molar-refractivity contribution in [3.63, 3.8) is 0 Å². The molecule has 1 aliphatic rings. The molecule has 1 fully saturated rings. The topological polar surface area (TPSA) is 178 Å². The van der Waals surface area contributed by atoms with E-state index in [0.717, 1.165) is 25.3 Å². The van der Waals surface area contributed by atoms with Gasteiger partial charge in [0.25, 0.3) is 0 Å². The molecular formula is C20H22F9N3O10S3. The van der Waals surface area contributed by atoms with Crippen LogP contribution in [0.25, 0.3) is 11.0 Å². The minimum absolute atomic E-state index is 0.00144. The van der Waals surface area contributed by atoms with Crippen LogP contribution in [0.2, 0.25) is 0 Å². The maximum Gasteiger partial charge on any atom is 0.534 e. The molecule has 2 heterocycles. The standard InChI is InChI=1S/C18H22F3N3O5S.C2F6O5S2/c1-5-28-16(25)11-9-12(29-30(26,27)18(19,20)21)13-14(10-7-6-8-10)23-24(15(13)22-11)17(2,3)4;3-1(4,5)14(9,10)13-15(11,12)2(6,7)8/h9-10H,5-8H2,1-4H3;. The van der Waals surface area contributed by atoms with Gasteiger partial charge in [0.1, 0.15) is 0 Å². The maximum atomic E-state index is 13.0. The lowest BCUT2D eigenvalue weighted by Crippen LogP contribution is -2.34. The normalized spacial score (nSPS) is 15.7. The first-order valence-corrected chi connectivity index (χ1v) is 16.1. The summed E-state index contributed by atoms with van der Waals surface area (Å²) in [5.74, 6) is -1.62. The van der Waals surface area contributed by atoms with Crippen molar-refractivity contribution in [2.24, 2.45) is 0 Å². The molecule has 13 nitrogen and oxygen atoms in total. The van der Waals surface area contributed by atoms with Crippen LogP contribution in [-0.4, -0.2) is 69.1 Å². The summed E-state index contributed by atoms with van der Waals surface area (Å²) >= 11 is 0. The van der Waals surface area contributed by atoms with E-state index in [-0.39, 0.29) is 29.3 Å². The molecule has 1 saturated carbocycles. The van der Waals surface area contributed by atoms with Crippen LogP contribution in [0, 0.1) is 0 Å². The molecule has 258 valence electrons. The third-order valence-corrected chi connectivity index (χ3v) is 9.00. The molecule has 0 aromatic carbocycles. The van der Waals surface area contributed by atoms with E-state index in [9.17, 15) is 69.6 Å². The Bertz CT molecular complexity index is 1710. The van der Waals surface area contributed by atoms with Gasteiger partial charge in [-0.15, -0.1) is 3.63 Å². The molecule has 0 N–H and O–H groups in total. The molecule has 2 aromatic heterocycles. The zero-order chi connectivity index (χ0) is 35.2. The Labute approximate surface area is 249 Å². The van der Waals surface area contributed by atoms with Gasteiger partial charge in [-0.2, -0.15) is 69.9 Å². The molecule has 0 unspecified atom stereocenters. The minimum atomic E-state index is -6.85. The predicted molar refractivity (Wildman–Crippen MR) is 132 cm³/mol. The first-order chi connectivity index (χ1) is 20.0. The number of aromatic nitrogens is 3. The molecule has 45 heavy (non-hydrogen) atoms. The Hall–Kier alpha value is -2.93. The number of rotatable bonds is 7. The second-order valence-electron chi connectivity index (χ2n) is 9.87. The summed E-state index contributed by atoms with van der Waals surface area (Å²) in [6, 6.07) is 0.862. The van der Waals surface area contributed by atoms with E-state index in [1.807, 2.05) is 3.63 Å². The van der Waals surface area contributed by atoms with Crippen molar-refractivity contribution < 1.29 is 82.1 Å². The van der Waals surface area contributed by atoms with Gasteiger partial charge in [-0.05, 0) is 40.5 Å². The smallest absolute Gasteiger partial charge is 0.461 e. The number of halogens is 9. The Morgan fingerprint density at radius 3 is 1.69 bits per heavy atom. The van der Waals surface area contributed by atoms with E-state index >= 15 is 0 Å². The van der Waals surface area contributed by atoms with Gasteiger partial charge < -0.3 is 8.92 Å². The molecule has 2 aromatic rings. The molecule has 0 atom stereocenters. The van der Waals surface area contributed by atoms with Crippen LogP contribution in [0.5, 0.6) is 5.75 Å². The fraction of sp³-hybridized carbons (Fsp3) is 0.650. The molecule has 25 heteroatoms. The molecule has 0 radical (unpaired) electrons. The molecule has 0 amide bonds. The lowest BCUT2D eigenvalue weighted by Gasteiger charge is -2.24. The van der Waals surface area contributed by atoms with E-state index < -0.39 is 64.1 Å². The highest BCUT2D eigenvalue weighted by atomic mass is 32.3. The first-order valence-electron chi connectivity index (χ1n) is 11.9. The number of fused-ring (bicyclic) bond motifs is 1. The lowest BCUT2D eigenvalue weighted by molar-refractivity contribution is -0.0586. The van der Waals surface area contributed by atoms with Crippen LogP contribution >= 0.6 is 0 Å². The number of pyridine rings is 1. The first kappa shape index (κ1) is 38.3. The summed E-state index contributed by atoms with van der Waals surface area (Å²) in [5, 5.41) is 4.58. The molecule has 1 aliphatic carbocycles. The van der Waals surface area contributed by atoms with E-state index in [4.69, 9.17) is 4.74 Å². The van der Waals surface area contributed by atoms with Crippen LogP contribution in [0.1, 0.15) is 69.1 Å². The Morgan fingerprint density at radius 1 is 0.867 bits per heavy atom. The van der Waals surface area contributed by atoms with Crippen LogP contribution < -0.4 is 4.18 Å². The Balaban J connectivity index is 0.000000399. The molecular weight excluding hydrogens is 709 g/mol. The maximum absolute atomic E-state index is 13.0. The van der Waals surface area contributed by atoms with Crippen LogP contribution in [0.15, 0.2) is 6.07 Å². The summed E-state index contributed by atoms with van der Waals surface area (Å²) in [6.45, 7) is 6.96. The van der Waals surface area contributed by atoms with E-state index in [1.54, 1.807) is 27.7 Å². The summed E-state index contributed by atoms with van der Waals surface area (Å²) in [7, 11) is -19.7. The van der Waals surface area contributed by atoms with E-state index in [2.05, 4.69) is 14.3 Å². The van der Waals surface area contributed by atoms with Gasteiger partial charge >= 0.3 is 52.8 Å². The van der Waals surface area contributed by atoms with Crippen molar-refractivity contribution in [1.82, 2.24) is 14.8 Å². The Morgan fingerprint density at radius 2 is 1.33 bits per heavy atom. The van der Waals surface area contributed by atoms with Gasteiger partial charge in [-0.25, -0.2) is 14.5 Å². The van der Waals surface area contributed by atoms with Gasteiger partial charge in [-0.1, -0.05) is 6.42 Å². The van der Waals surface area contributed by atoms with E-state index in [1.165, 1.54) is 4.68 Å².